The van der Waals surface area contributed by atoms with Crippen molar-refractivity contribution in [1.29, 1.82) is 0 Å². The average molecular weight is 320 g/mol. The first kappa shape index (κ1) is 15.9. The van der Waals surface area contributed by atoms with Crippen LogP contribution in [0.15, 0.2) is 65.7 Å². The quantitative estimate of drug-likeness (QED) is 0.653. The van der Waals surface area contributed by atoms with Crippen LogP contribution in [0, 0.1) is 5.82 Å². The van der Waals surface area contributed by atoms with Gasteiger partial charge in [0.25, 0.3) is 0 Å². The highest BCUT2D eigenvalue weighted by Crippen LogP contribution is 2.14. The van der Waals surface area contributed by atoms with Gasteiger partial charge in [-0.05, 0) is 42.5 Å². The smallest absolute Gasteiger partial charge is 0.238 e. The summed E-state index contributed by atoms with van der Waals surface area (Å²) in [6.07, 6.45) is 2.63. The summed E-state index contributed by atoms with van der Waals surface area (Å²) in [4.78, 5) is 11.8. The van der Waals surface area contributed by atoms with Gasteiger partial charge >= 0.3 is 0 Å². The number of carbonyl (C=O) groups is 1. The molecule has 2 aromatic carbocycles. The Morgan fingerprint density at radius 3 is 2.45 bits per heavy atom. The molecule has 0 atom stereocenters. The van der Waals surface area contributed by atoms with E-state index in [1.165, 1.54) is 54.7 Å². The Bertz CT molecular complexity index is 815. The third-order valence-electron chi connectivity index (χ3n) is 2.78. The molecule has 2 rings (SSSR count). The number of carbonyl (C=O) groups excluding carboxylic acids is 1. The number of ketones is 1. The second kappa shape index (κ2) is 6.50. The number of hydrogen-bond donors (Lipinski definition) is 2. The molecule has 5 nitrogen and oxygen atoms in total. The lowest BCUT2D eigenvalue weighted by molar-refractivity contribution is 0.104. The van der Waals surface area contributed by atoms with E-state index in [0.717, 1.165) is 0 Å². The molecule has 0 aliphatic rings. The predicted octanol–water partition coefficient (Wildman–Crippen LogP) is 2.28. The summed E-state index contributed by atoms with van der Waals surface area (Å²) in [6.45, 7) is 0. The second-order valence-electron chi connectivity index (χ2n) is 4.42. The molecule has 0 heterocycles. The van der Waals surface area contributed by atoms with Crippen LogP contribution in [0.2, 0.25) is 0 Å². The molecule has 0 radical (unpaired) electrons. The molecule has 0 aliphatic carbocycles. The lowest BCUT2D eigenvalue weighted by atomic mass is 10.1. The highest BCUT2D eigenvalue weighted by atomic mass is 32.2. The van der Waals surface area contributed by atoms with Gasteiger partial charge in [0.1, 0.15) is 5.82 Å². The summed E-state index contributed by atoms with van der Waals surface area (Å²) in [6, 6.07) is 11.0. The Morgan fingerprint density at radius 1 is 1.14 bits per heavy atom. The first-order valence-corrected chi connectivity index (χ1v) is 7.77. The van der Waals surface area contributed by atoms with Gasteiger partial charge < -0.3 is 5.32 Å². The van der Waals surface area contributed by atoms with Crippen molar-refractivity contribution in [3.05, 3.63) is 72.2 Å². The van der Waals surface area contributed by atoms with Gasteiger partial charge in [0, 0.05) is 23.5 Å². The molecular weight excluding hydrogens is 307 g/mol. The Morgan fingerprint density at radius 2 is 1.82 bits per heavy atom. The number of benzene rings is 2. The van der Waals surface area contributed by atoms with Gasteiger partial charge in [-0.25, -0.2) is 17.9 Å². The lowest BCUT2D eigenvalue weighted by Gasteiger charge is -2.03. The molecule has 0 amide bonds. The third kappa shape index (κ3) is 4.24. The summed E-state index contributed by atoms with van der Waals surface area (Å²) in [7, 11) is -3.78. The minimum Gasteiger partial charge on any atom is -0.362 e. The molecule has 0 saturated heterocycles. The van der Waals surface area contributed by atoms with Crippen LogP contribution in [0.25, 0.3) is 0 Å². The minimum atomic E-state index is -3.78. The molecule has 7 heteroatoms. The highest BCUT2D eigenvalue weighted by molar-refractivity contribution is 7.89. The summed E-state index contributed by atoms with van der Waals surface area (Å²) in [5, 5.41) is 7.81. The molecule has 0 aromatic heterocycles. The van der Waals surface area contributed by atoms with Crippen molar-refractivity contribution >= 4 is 21.5 Å². The number of rotatable bonds is 5. The fourth-order valence-electron chi connectivity index (χ4n) is 1.69. The molecule has 0 unspecified atom stereocenters. The number of nitrogens with two attached hydrogens (primary N) is 1. The van der Waals surface area contributed by atoms with E-state index in [2.05, 4.69) is 5.32 Å². The number of allylic oxidation sites excluding steroid dienone is 1. The molecule has 2 aromatic rings. The zero-order valence-corrected chi connectivity index (χ0v) is 12.2. The first-order valence-electron chi connectivity index (χ1n) is 6.22. The van der Waals surface area contributed by atoms with Crippen molar-refractivity contribution in [2.45, 2.75) is 4.90 Å². The number of primary sulfonamides is 1. The molecule has 0 spiro atoms. The van der Waals surface area contributed by atoms with Gasteiger partial charge in [0.15, 0.2) is 5.78 Å². The summed E-state index contributed by atoms with van der Waals surface area (Å²) in [5.41, 5.74) is 0.812. The summed E-state index contributed by atoms with van der Waals surface area (Å²) < 4.78 is 35.2. The maximum atomic E-state index is 12.8. The number of sulfonamides is 1. The monoisotopic (exact) mass is 320 g/mol. The van der Waals surface area contributed by atoms with Crippen LogP contribution >= 0.6 is 0 Å². The van der Waals surface area contributed by atoms with Crippen molar-refractivity contribution in [2.75, 3.05) is 5.32 Å². The average Bonchev–Trinajstić information content (AvgIpc) is 2.47. The number of halogens is 1. The third-order valence-corrected chi connectivity index (χ3v) is 3.69. The zero-order chi connectivity index (χ0) is 16.2. The van der Waals surface area contributed by atoms with Crippen molar-refractivity contribution in [3.8, 4) is 0 Å². The molecule has 3 N–H and O–H groups in total. The molecule has 0 bridgehead atoms. The fraction of sp³-hybridized carbons (Fsp3) is 0. The first-order chi connectivity index (χ1) is 10.4. The van der Waals surface area contributed by atoms with E-state index in [1.807, 2.05) is 0 Å². The van der Waals surface area contributed by atoms with E-state index in [-0.39, 0.29) is 10.7 Å². The molecule has 0 fully saturated rings. The van der Waals surface area contributed by atoms with Gasteiger partial charge in [0.2, 0.25) is 10.0 Å². The highest BCUT2D eigenvalue weighted by Gasteiger charge is 2.07. The van der Waals surface area contributed by atoms with Gasteiger partial charge in [-0.2, -0.15) is 0 Å². The van der Waals surface area contributed by atoms with Crippen molar-refractivity contribution in [2.24, 2.45) is 5.14 Å². The molecule has 114 valence electrons. The predicted molar refractivity (Wildman–Crippen MR) is 81.3 cm³/mol. The van der Waals surface area contributed by atoms with Crippen LogP contribution in [0.3, 0.4) is 0 Å². The van der Waals surface area contributed by atoms with Crippen LogP contribution < -0.4 is 10.5 Å². The maximum Gasteiger partial charge on any atom is 0.238 e. The Hall–Kier alpha value is -2.51. The van der Waals surface area contributed by atoms with Crippen LogP contribution in [0.4, 0.5) is 10.1 Å². The van der Waals surface area contributed by atoms with E-state index < -0.39 is 15.8 Å². The molecule has 0 aliphatic heterocycles. The topological polar surface area (TPSA) is 89.3 Å². The number of anilines is 1. The van der Waals surface area contributed by atoms with Gasteiger partial charge in [-0.3, -0.25) is 4.79 Å². The molecule has 0 saturated carbocycles. The van der Waals surface area contributed by atoms with Crippen LogP contribution in [-0.2, 0) is 10.0 Å². The van der Waals surface area contributed by atoms with Crippen LogP contribution in [-0.4, -0.2) is 14.2 Å². The van der Waals surface area contributed by atoms with Crippen molar-refractivity contribution in [1.82, 2.24) is 0 Å². The largest absolute Gasteiger partial charge is 0.362 e. The van der Waals surface area contributed by atoms with Crippen molar-refractivity contribution in [3.63, 3.8) is 0 Å². The van der Waals surface area contributed by atoms with E-state index in [0.29, 0.717) is 11.3 Å². The fourth-order valence-corrected chi connectivity index (χ4v) is 2.25. The zero-order valence-electron chi connectivity index (χ0n) is 11.4. The number of hydrogen-bond acceptors (Lipinski definition) is 4. The molecular formula is C15H13FN2O3S. The SMILES string of the molecule is NS(=O)(=O)c1cccc(N/C=C/C(=O)c2ccc(F)cc2)c1. The summed E-state index contributed by atoms with van der Waals surface area (Å²) in [5.74, 6) is -0.728. The Labute approximate surface area is 127 Å². The van der Waals surface area contributed by atoms with Crippen LogP contribution in [0.5, 0.6) is 0 Å². The molecule has 22 heavy (non-hydrogen) atoms. The number of nitrogens with one attached hydrogen (secondary N) is 1. The second-order valence-corrected chi connectivity index (χ2v) is 5.98. The maximum absolute atomic E-state index is 12.8. The lowest BCUT2D eigenvalue weighted by Crippen LogP contribution is -2.12. The van der Waals surface area contributed by atoms with Crippen LogP contribution in [0.1, 0.15) is 10.4 Å². The van der Waals surface area contributed by atoms with Gasteiger partial charge in [-0.1, -0.05) is 6.07 Å². The van der Waals surface area contributed by atoms with Crippen molar-refractivity contribution < 1.29 is 17.6 Å². The van der Waals surface area contributed by atoms with E-state index in [1.54, 1.807) is 6.07 Å². The van der Waals surface area contributed by atoms with E-state index in [4.69, 9.17) is 5.14 Å². The normalized spacial score (nSPS) is 11.5. The summed E-state index contributed by atoms with van der Waals surface area (Å²) >= 11 is 0. The van der Waals surface area contributed by atoms with Gasteiger partial charge in [-0.15, -0.1) is 0 Å². The Balaban J connectivity index is 2.06. The Kier molecular flexibility index (Phi) is 4.69. The standard InChI is InChI=1S/C15H13FN2O3S/c16-12-6-4-11(5-7-12)15(19)8-9-18-13-2-1-3-14(10-13)22(17,20)21/h1-10,18H,(H2,17,20,21)/b9-8+. The van der Waals surface area contributed by atoms with E-state index >= 15 is 0 Å². The minimum absolute atomic E-state index is 0.0317. The van der Waals surface area contributed by atoms with Gasteiger partial charge in [0.05, 0.1) is 4.90 Å². The van der Waals surface area contributed by atoms with E-state index in [9.17, 15) is 17.6 Å².